The lowest BCUT2D eigenvalue weighted by Gasteiger charge is -2.41. The molecule has 3 atom stereocenters. The van der Waals surface area contributed by atoms with Crippen LogP contribution in [0.15, 0.2) is 42.5 Å². The predicted octanol–water partition coefficient (Wildman–Crippen LogP) is 6.72. The molecule has 0 radical (unpaired) electrons. The van der Waals surface area contributed by atoms with E-state index in [1.165, 1.54) is 6.42 Å². The second-order valence-electron chi connectivity index (χ2n) is 10.7. The van der Waals surface area contributed by atoms with Gasteiger partial charge in [0.15, 0.2) is 6.17 Å². The minimum absolute atomic E-state index is 0.0649. The van der Waals surface area contributed by atoms with Gasteiger partial charge in [-0.1, -0.05) is 18.2 Å². The molecule has 2 aromatic carbocycles. The van der Waals surface area contributed by atoms with Gasteiger partial charge in [-0.25, -0.2) is 9.18 Å². The van der Waals surface area contributed by atoms with Crippen molar-refractivity contribution >= 4 is 17.5 Å². The Morgan fingerprint density at radius 1 is 1.06 bits per heavy atom. The molecule has 0 bridgehead atoms. The summed E-state index contributed by atoms with van der Waals surface area (Å²) in [6.45, 7) is 3.38. The number of benzene rings is 2. The largest absolute Gasteiger partial charge is 0.490 e. The van der Waals surface area contributed by atoms with E-state index in [0.717, 1.165) is 74.3 Å². The number of carbonyl (C=O) groups excluding carboxylic acids is 1. The fraction of sp³-hybridized carbons (Fsp3) is 0.552. The summed E-state index contributed by atoms with van der Waals surface area (Å²) in [5, 5.41) is 2.81. The summed E-state index contributed by atoms with van der Waals surface area (Å²) >= 11 is 0. The van der Waals surface area contributed by atoms with Crippen molar-refractivity contribution in [2.75, 3.05) is 23.4 Å². The number of ether oxygens (including phenoxy) is 3. The molecule has 0 spiro atoms. The molecule has 3 fully saturated rings. The van der Waals surface area contributed by atoms with E-state index in [0.29, 0.717) is 17.6 Å². The topological polar surface area (TPSA) is 60.0 Å². The van der Waals surface area contributed by atoms with Crippen LogP contribution in [0.1, 0.15) is 75.2 Å². The molecule has 1 amide bonds. The molecule has 2 heterocycles. The number of carbonyl (C=O) groups is 1. The lowest BCUT2D eigenvalue weighted by atomic mass is 9.89. The second kappa shape index (κ2) is 9.92. The van der Waals surface area contributed by atoms with Crippen LogP contribution >= 0.6 is 0 Å². The standard InChI is InChI=1S/C29H35FN2O4/c1-18(19-5-6-19)35-29(33)31-21-9-7-20(8-10-21)28-27(30)25-12-11-24(36-23-13-15-34-16-14-23)17-26(25)32(28)22-3-2-4-22/h7-12,17-19,22-23,27-28H,2-6,13-16H2,1H3,(H,31,33). The summed E-state index contributed by atoms with van der Waals surface area (Å²) in [7, 11) is 0. The smallest absolute Gasteiger partial charge is 0.411 e. The quantitative estimate of drug-likeness (QED) is 0.463. The monoisotopic (exact) mass is 494 g/mol. The first-order valence-corrected chi connectivity index (χ1v) is 13.4. The van der Waals surface area contributed by atoms with E-state index in [2.05, 4.69) is 10.2 Å². The normalized spacial score (nSPS) is 25.1. The molecule has 2 aliphatic heterocycles. The van der Waals surface area contributed by atoms with Gasteiger partial charge < -0.3 is 19.1 Å². The Morgan fingerprint density at radius 3 is 2.47 bits per heavy atom. The molecule has 6 nitrogen and oxygen atoms in total. The molecule has 7 heteroatoms. The first kappa shape index (κ1) is 23.6. The van der Waals surface area contributed by atoms with Crippen LogP contribution in [0.4, 0.5) is 20.6 Å². The third-order valence-corrected chi connectivity index (χ3v) is 8.17. The minimum atomic E-state index is -1.12. The van der Waals surface area contributed by atoms with Crippen molar-refractivity contribution in [1.82, 2.24) is 0 Å². The Bertz CT molecular complexity index is 1080. The van der Waals surface area contributed by atoms with Crippen LogP contribution in [-0.4, -0.2) is 37.6 Å². The zero-order valence-electron chi connectivity index (χ0n) is 20.8. The molecule has 36 heavy (non-hydrogen) atoms. The van der Waals surface area contributed by atoms with Gasteiger partial charge in [0.05, 0.1) is 19.3 Å². The number of hydrogen-bond donors (Lipinski definition) is 1. The van der Waals surface area contributed by atoms with Crippen LogP contribution < -0.4 is 15.0 Å². The molecule has 4 aliphatic rings. The van der Waals surface area contributed by atoms with Gasteiger partial charge in [0, 0.05) is 41.9 Å². The number of nitrogens with one attached hydrogen (secondary N) is 1. The van der Waals surface area contributed by atoms with E-state index in [9.17, 15) is 4.79 Å². The summed E-state index contributed by atoms with van der Waals surface area (Å²) in [5.74, 6) is 1.29. The van der Waals surface area contributed by atoms with Crippen molar-refractivity contribution in [1.29, 1.82) is 0 Å². The zero-order valence-corrected chi connectivity index (χ0v) is 20.8. The van der Waals surface area contributed by atoms with E-state index >= 15 is 4.39 Å². The molecule has 2 aliphatic carbocycles. The molecule has 2 aromatic rings. The zero-order chi connectivity index (χ0) is 24.6. The molecule has 1 saturated heterocycles. The molecule has 6 rings (SSSR count). The number of hydrogen-bond acceptors (Lipinski definition) is 5. The van der Waals surface area contributed by atoms with E-state index in [1.54, 1.807) is 0 Å². The van der Waals surface area contributed by atoms with E-state index < -0.39 is 12.3 Å². The average Bonchev–Trinajstić information content (AvgIpc) is 3.66. The lowest BCUT2D eigenvalue weighted by Crippen LogP contribution is -2.41. The van der Waals surface area contributed by atoms with Gasteiger partial charge in [0.25, 0.3) is 0 Å². The van der Waals surface area contributed by atoms with Gasteiger partial charge in [-0.05, 0) is 68.7 Å². The highest BCUT2D eigenvalue weighted by atomic mass is 19.1. The van der Waals surface area contributed by atoms with Crippen molar-refractivity contribution < 1.29 is 23.4 Å². The van der Waals surface area contributed by atoms with Gasteiger partial charge in [-0.2, -0.15) is 0 Å². The van der Waals surface area contributed by atoms with E-state index in [1.807, 2.05) is 49.4 Å². The molecule has 1 N–H and O–H groups in total. The Kier molecular flexibility index (Phi) is 6.50. The van der Waals surface area contributed by atoms with Crippen LogP contribution in [0.25, 0.3) is 0 Å². The van der Waals surface area contributed by atoms with Crippen molar-refractivity contribution in [3.05, 3.63) is 53.6 Å². The number of nitrogens with zero attached hydrogens (tertiary/aromatic N) is 1. The van der Waals surface area contributed by atoms with Crippen LogP contribution in [-0.2, 0) is 9.47 Å². The highest BCUT2D eigenvalue weighted by Gasteiger charge is 2.44. The highest BCUT2D eigenvalue weighted by Crippen LogP contribution is 2.54. The summed E-state index contributed by atoms with van der Waals surface area (Å²) in [6, 6.07) is 13.3. The molecule has 0 aromatic heterocycles. The van der Waals surface area contributed by atoms with Crippen LogP contribution in [0.3, 0.4) is 0 Å². The Hall–Kier alpha value is -2.80. The van der Waals surface area contributed by atoms with Gasteiger partial charge >= 0.3 is 6.09 Å². The third-order valence-electron chi connectivity index (χ3n) is 8.17. The fourth-order valence-corrected chi connectivity index (χ4v) is 5.66. The molecule has 192 valence electrons. The number of amides is 1. The Morgan fingerprint density at radius 2 is 1.81 bits per heavy atom. The van der Waals surface area contributed by atoms with Crippen LogP contribution in [0.2, 0.25) is 0 Å². The molecule has 2 saturated carbocycles. The number of halogens is 1. The number of anilines is 2. The summed E-state index contributed by atoms with van der Waals surface area (Å²) in [4.78, 5) is 14.5. The molecular formula is C29H35FN2O4. The van der Waals surface area contributed by atoms with Crippen LogP contribution in [0.5, 0.6) is 5.75 Å². The highest BCUT2D eigenvalue weighted by molar-refractivity contribution is 5.84. The second-order valence-corrected chi connectivity index (χ2v) is 10.7. The van der Waals surface area contributed by atoms with Crippen molar-refractivity contribution in [2.45, 2.75) is 82.3 Å². The maximum atomic E-state index is 16.0. The SMILES string of the molecule is CC(OC(=O)Nc1ccc(C2C(F)c3ccc(OC4CCOCC4)cc3N2C2CCC2)cc1)C1CC1. The summed E-state index contributed by atoms with van der Waals surface area (Å²) < 4.78 is 33.1. The van der Waals surface area contributed by atoms with Crippen LogP contribution in [0, 0.1) is 5.92 Å². The number of rotatable bonds is 7. The first-order valence-electron chi connectivity index (χ1n) is 13.4. The van der Waals surface area contributed by atoms with Gasteiger partial charge in [-0.15, -0.1) is 0 Å². The van der Waals surface area contributed by atoms with Crippen molar-refractivity contribution in [3.8, 4) is 5.75 Å². The number of fused-ring (bicyclic) bond motifs is 1. The Labute approximate surface area is 212 Å². The number of alkyl halides is 1. The first-order chi connectivity index (χ1) is 17.6. The minimum Gasteiger partial charge on any atom is -0.490 e. The Balaban J connectivity index is 1.19. The fourth-order valence-electron chi connectivity index (χ4n) is 5.66. The van der Waals surface area contributed by atoms with Gasteiger partial charge in [0.1, 0.15) is 18.0 Å². The predicted molar refractivity (Wildman–Crippen MR) is 136 cm³/mol. The summed E-state index contributed by atoms with van der Waals surface area (Å²) in [6.07, 6.45) is 5.83. The van der Waals surface area contributed by atoms with Gasteiger partial charge in [-0.3, -0.25) is 5.32 Å². The van der Waals surface area contributed by atoms with Crippen molar-refractivity contribution in [2.24, 2.45) is 5.92 Å². The maximum absolute atomic E-state index is 16.0. The molecular weight excluding hydrogens is 459 g/mol. The van der Waals surface area contributed by atoms with E-state index in [4.69, 9.17) is 14.2 Å². The van der Waals surface area contributed by atoms with E-state index in [-0.39, 0.29) is 18.2 Å². The summed E-state index contributed by atoms with van der Waals surface area (Å²) in [5.41, 5.74) is 3.23. The van der Waals surface area contributed by atoms with Gasteiger partial charge in [0.2, 0.25) is 0 Å². The maximum Gasteiger partial charge on any atom is 0.411 e. The third kappa shape index (κ3) is 4.77. The van der Waals surface area contributed by atoms with Crippen molar-refractivity contribution in [3.63, 3.8) is 0 Å². The lowest BCUT2D eigenvalue weighted by molar-refractivity contribution is 0.0256. The molecule has 3 unspecified atom stereocenters. The average molecular weight is 495 g/mol.